The fourth-order valence-electron chi connectivity index (χ4n) is 4.30. The molecule has 2 aromatic carbocycles. The average molecular weight is 632 g/mol. The van der Waals surface area contributed by atoms with Crippen LogP contribution in [0, 0.1) is 0 Å². The number of rotatable bonds is 14. The van der Waals surface area contributed by atoms with Crippen LogP contribution in [0.25, 0.3) is 10.1 Å². The Bertz CT molecular complexity index is 1420. The Morgan fingerprint density at radius 3 is 2.16 bits per heavy atom. The van der Waals surface area contributed by atoms with Gasteiger partial charge in [-0.15, -0.1) is 11.3 Å². The number of carbonyl (C=O) groups excluding carboxylic acids is 2. The lowest BCUT2D eigenvalue weighted by Crippen LogP contribution is -2.37. The van der Waals surface area contributed by atoms with Crippen molar-refractivity contribution in [2.75, 3.05) is 26.2 Å². The predicted molar refractivity (Wildman–Crippen MR) is 172 cm³/mol. The highest BCUT2D eigenvalue weighted by atomic mass is 32.2. The molecule has 0 saturated carbocycles. The summed E-state index contributed by atoms with van der Waals surface area (Å²) in [6.45, 7) is 13.2. The van der Waals surface area contributed by atoms with Gasteiger partial charge in [0.2, 0.25) is 10.0 Å². The minimum absolute atomic E-state index is 0.222. The molecule has 3 rings (SSSR count). The molecule has 1 heterocycles. The maximum absolute atomic E-state index is 13.0. The molecule has 0 bridgehead atoms. The number of carbonyl (C=O) groups is 2. The molecule has 0 unspecified atom stereocenters. The van der Waals surface area contributed by atoms with Crippen molar-refractivity contribution in [3.63, 3.8) is 0 Å². The zero-order valence-electron chi connectivity index (χ0n) is 26.1. The molecule has 1 amide bonds. The molecule has 0 aliphatic heterocycles. The summed E-state index contributed by atoms with van der Waals surface area (Å²) in [5.74, 6) is -0.279. The van der Waals surface area contributed by atoms with E-state index in [4.69, 9.17) is 9.47 Å². The standard InChI is InChI=1S/C32H45N3O6S2/c1-31(2,3)40-28(36)17-20-35(21-18-34-43(38,39)29-22-26-11-7-8-12-27(26)42-29)19-9-10-24-13-15-25(16-14-24)23-33-30(37)41-32(4,5)6/h7-8,11-16,22,34H,9-10,17-21,23H2,1-6H3,(H,33,37). The van der Waals surface area contributed by atoms with Gasteiger partial charge in [-0.25, -0.2) is 17.9 Å². The molecule has 0 aliphatic carbocycles. The molecule has 0 spiro atoms. The Labute approximate surface area is 260 Å². The third-order valence-electron chi connectivity index (χ3n) is 6.24. The van der Waals surface area contributed by atoms with E-state index in [1.165, 1.54) is 11.3 Å². The Hall–Kier alpha value is -2.99. The second-order valence-corrected chi connectivity index (χ2v) is 15.5. The number of fused-ring (bicyclic) bond motifs is 1. The number of nitrogens with zero attached hydrogens (tertiary/aromatic N) is 1. The normalized spacial score (nSPS) is 12.4. The van der Waals surface area contributed by atoms with Crippen LogP contribution in [0.15, 0.2) is 58.8 Å². The van der Waals surface area contributed by atoms with E-state index in [1.807, 2.05) is 90.1 Å². The Balaban J connectivity index is 1.52. The first-order valence-corrected chi connectivity index (χ1v) is 16.9. The summed E-state index contributed by atoms with van der Waals surface area (Å²) in [5.41, 5.74) is 1.02. The Morgan fingerprint density at radius 1 is 0.860 bits per heavy atom. The van der Waals surface area contributed by atoms with E-state index in [0.29, 0.717) is 30.4 Å². The van der Waals surface area contributed by atoms with Gasteiger partial charge in [-0.1, -0.05) is 42.5 Å². The number of aryl methyl sites for hydroxylation is 1. The van der Waals surface area contributed by atoms with Crippen LogP contribution in [0.1, 0.15) is 65.5 Å². The van der Waals surface area contributed by atoms with E-state index in [0.717, 1.165) is 34.1 Å². The van der Waals surface area contributed by atoms with Crippen LogP contribution in [0.4, 0.5) is 4.79 Å². The highest BCUT2D eigenvalue weighted by Gasteiger charge is 2.20. The van der Waals surface area contributed by atoms with E-state index in [1.54, 1.807) is 6.07 Å². The number of hydrogen-bond acceptors (Lipinski definition) is 8. The maximum atomic E-state index is 13.0. The zero-order valence-corrected chi connectivity index (χ0v) is 27.7. The first kappa shape index (κ1) is 34.5. The SMILES string of the molecule is CC(C)(C)OC(=O)CCN(CCCc1ccc(CNC(=O)OC(C)(C)C)cc1)CCNS(=O)(=O)c1cc2ccccc2s1. The quantitative estimate of drug-likeness (QED) is 0.214. The molecule has 9 nitrogen and oxygen atoms in total. The lowest BCUT2D eigenvalue weighted by atomic mass is 10.1. The molecule has 1 aromatic heterocycles. The van der Waals surface area contributed by atoms with Crippen molar-refractivity contribution in [3.8, 4) is 0 Å². The van der Waals surface area contributed by atoms with E-state index < -0.39 is 27.3 Å². The van der Waals surface area contributed by atoms with Crippen molar-refractivity contribution < 1.29 is 27.5 Å². The number of nitrogens with one attached hydrogen (secondary N) is 2. The first-order valence-electron chi connectivity index (χ1n) is 14.6. The summed E-state index contributed by atoms with van der Waals surface area (Å²) >= 11 is 1.25. The van der Waals surface area contributed by atoms with Crippen LogP contribution in [0.2, 0.25) is 0 Å². The summed E-state index contributed by atoms with van der Waals surface area (Å²) in [6, 6.07) is 17.3. The van der Waals surface area contributed by atoms with E-state index in [-0.39, 0.29) is 18.9 Å². The number of hydrogen-bond donors (Lipinski definition) is 2. The van der Waals surface area contributed by atoms with Crippen molar-refractivity contribution in [1.29, 1.82) is 0 Å². The Kier molecular flexibility index (Phi) is 12.1. The fraction of sp³-hybridized carbons (Fsp3) is 0.500. The van der Waals surface area contributed by atoms with Gasteiger partial charge in [0.15, 0.2) is 0 Å². The van der Waals surface area contributed by atoms with E-state index in [9.17, 15) is 18.0 Å². The predicted octanol–water partition coefficient (Wildman–Crippen LogP) is 5.87. The van der Waals surface area contributed by atoms with Crippen molar-refractivity contribution in [2.24, 2.45) is 0 Å². The van der Waals surface area contributed by atoms with Crippen LogP contribution >= 0.6 is 11.3 Å². The third kappa shape index (κ3) is 12.6. The minimum atomic E-state index is -3.64. The third-order valence-corrected chi connectivity index (χ3v) is 9.29. The second-order valence-electron chi connectivity index (χ2n) is 12.5. The molecule has 0 atom stereocenters. The molecule has 2 N–H and O–H groups in total. The van der Waals surface area contributed by atoms with Gasteiger partial charge in [0.05, 0.1) is 6.42 Å². The van der Waals surface area contributed by atoms with Crippen LogP contribution in [0.5, 0.6) is 0 Å². The molecule has 11 heteroatoms. The lowest BCUT2D eigenvalue weighted by Gasteiger charge is -2.24. The number of esters is 1. The van der Waals surface area contributed by atoms with Gasteiger partial charge in [-0.2, -0.15) is 0 Å². The van der Waals surface area contributed by atoms with Crippen molar-refractivity contribution in [1.82, 2.24) is 14.9 Å². The van der Waals surface area contributed by atoms with Crippen LogP contribution in [0.3, 0.4) is 0 Å². The zero-order chi connectivity index (χ0) is 31.7. The van der Waals surface area contributed by atoms with Gasteiger partial charge in [-0.3, -0.25) is 4.79 Å². The van der Waals surface area contributed by atoms with Gasteiger partial charge in [0.1, 0.15) is 15.4 Å². The Morgan fingerprint density at radius 2 is 1.51 bits per heavy atom. The van der Waals surface area contributed by atoms with Crippen LogP contribution < -0.4 is 10.0 Å². The molecular formula is C32H45N3O6S2. The topological polar surface area (TPSA) is 114 Å². The lowest BCUT2D eigenvalue weighted by molar-refractivity contribution is -0.155. The van der Waals surface area contributed by atoms with Gasteiger partial charge in [-0.05, 0) is 89.6 Å². The summed E-state index contributed by atoms with van der Waals surface area (Å²) in [5, 5.41) is 3.67. The summed E-state index contributed by atoms with van der Waals surface area (Å²) in [7, 11) is -3.64. The first-order chi connectivity index (χ1) is 20.1. The molecule has 0 saturated heterocycles. The summed E-state index contributed by atoms with van der Waals surface area (Å²) < 4.78 is 40.6. The van der Waals surface area contributed by atoms with E-state index >= 15 is 0 Å². The molecule has 0 aliphatic rings. The molecule has 0 fully saturated rings. The molecule has 0 radical (unpaired) electrons. The average Bonchev–Trinajstić information content (AvgIpc) is 3.35. The highest BCUT2D eigenvalue weighted by molar-refractivity contribution is 7.91. The largest absolute Gasteiger partial charge is 0.460 e. The van der Waals surface area contributed by atoms with Gasteiger partial charge in [0, 0.05) is 30.9 Å². The number of sulfonamides is 1. The number of alkyl carbamates (subject to hydrolysis) is 1. The van der Waals surface area contributed by atoms with Crippen molar-refractivity contribution in [3.05, 3.63) is 65.7 Å². The number of ether oxygens (including phenoxy) is 2. The van der Waals surface area contributed by atoms with Gasteiger partial charge in [0.25, 0.3) is 0 Å². The van der Waals surface area contributed by atoms with Crippen molar-refractivity contribution in [2.45, 2.75) is 82.8 Å². The molecule has 43 heavy (non-hydrogen) atoms. The van der Waals surface area contributed by atoms with Crippen molar-refractivity contribution >= 4 is 43.5 Å². The summed E-state index contributed by atoms with van der Waals surface area (Å²) in [6.07, 6.45) is 1.41. The number of amides is 1. The number of benzene rings is 2. The molecule has 236 valence electrons. The monoisotopic (exact) mass is 631 g/mol. The smallest absolute Gasteiger partial charge is 0.407 e. The molecule has 3 aromatic rings. The van der Waals surface area contributed by atoms with Gasteiger partial charge >= 0.3 is 12.1 Å². The maximum Gasteiger partial charge on any atom is 0.407 e. The van der Waals surface area contributed by atoms with Gasteiger partial charge < -0.3 is 19.7 Å². The minimum Gasteiger partial charge on any atom is -0.460 e. The highest BCUT2D eigenvalue weighted by Crippen LogP contribution is 2.28. The van der Waals surface area contributed by atoms with Crippen LogP contribution in [-0.4, -0.2) is 62.8 Å². The van der Waals surface area contributed by atoms with E-state index in [2.05, 4.69) is 14.9 Å². The fourth-order valence-corrected chi connectivity index (χ4v) is 6.76. The summed E-state index contributed by atoms with van der Waals surface area (Å²) in [4.78, 5) is 26.4. The second kappa shape index (κ2) is 15.1. The van der Waals surface area contributed by atoms with Crippen LogP contribution in [-0.2, 0) is 37.3 Å². The molecular weight excluding hydrogens is 587 g/mol. The number of thiophene rings is 1.